The van der Waals surface area contributed by atoms with Gasteiger partial charge in [-0.25, -0.2) is 4.39 Å². The molecule has 0 fully saturated rings. The van der Waals surface area contributed by atoms with Crippen LogP contribution in [0.5, 0.6) is 0 Å². The second-order valence-electron chi connectivity index (χ2n) is 2.86. The Morgan fingerprint density at radius 2 is 2.13 bits per heavy atom. The van der Waals surface area contributed by atoms with Crippen molar-refractivity contribution in [3.8, 4) is 11.4 Å². The Bertz CT molecular complexity index is 461. The van der Waals surface area contributed by atoms with Crippen molar-refractivity contribution in [2.75, 3.05) is 0 Å². The molecule has 15 heavy (non-hydrogen) atoms. The van der Waals surface area contributed by atoms with Crippen LogP contribution < -0.4 is 5.46 Å². The van der Waals surface area contributed by atoms with E-state index in [0.717, 1.165) is 12.5 Å². The molecule has 0 amide bonds. The van der Waals surface area contributed by atoms with Gasteiger partial charge in [-0.3, -0.25) is 0 Å². The predicted molar refractivity (Wildman–Crippen MR) is 49.5 cm³/mol. The van der Waals surface area contributed by atoms with Crippen molar-refractivity contribution < 1.29 is 19.0 Å². The van der Waals surface area contributed by atoms with Crippen molar-refractivity contribution in [2.24, 2.45) is 0 Å². The summed E-state index contributed by atoms with van der Waals surface area (Å²) in [5.41, 5.74) is 0.316. The number of hydrogen-bond donors (Lipinski definition) is 2. The number of benzene rings is 1. The van der Waals surface area contributed by atoms with E-state index < -0.39 is 12.9 Å². The van der Waals surface area contributed by atoms with Gasteiger partial charge in [0.1, 0.15) is 5.82 Å². The topological polar surface area (TPSA) is 79.4 Å². The van der Waals surface area contributed by atoms with Crippen molar-refractivity contribution in [1.82, 2.24) is 10.1 Å². The third-order valence-corrected chi connectivity index (χ3v) is 1.89. The molecule has 0 unspecified atom stereocenters. The lowest BCUT2D eigenvalue weighted by Gasteiger charge is -2.04. The zero-order valence-electron chi connectivity index (χ0n) is 7.46. The summed E-state index contributed by atoms with van der Waals surface area (Å²) in [5.74, 6) is -0.386. The molecule has 0 saturated heterocycles. The molecule has 1 aromatic carbocycles. The fraction of sp³-hybridized carbons (Fsp3) is 0. The van der Waals surface area contributed by atoms with Gasteiger partial charge in [0.05, 0.1) is 0 Å². The van der Waals surface area contributed by atoms with Gasteiger partial charge in [0.2, 0.25) is 12.2 Å². The number of hydrogen-bond acceptors (Lipinski definition) is 5. The van der Waals surface area contributed by atoms with E-state index >= 15 is 0 Å². The van der Waals surface area contributed by atoms with Crippen LogP contribution in [-0.4, -0.2) is 27.3 Å². The summed E-state index contributed by atoms with van der Waals surface area (Å²) >= 11 is 0. The van der Waals surface area contributed by atoms with E-state index in [1.165, 1.54) is 12.1 Å². The van der Waals surface area contributed by atoms with Gasteiger partial charge >= 0.3 is 7.12 Å². The fourth-order valence-electron chi connectivity index (χ4n) is 1.24. The van der Waals surface area contributed by atoms with Gasteiger partial charge in [0, 0.05) is 5.56 Å². The molecule has 2 rings (SSSR count). The normalized spacial score (nSPS) is 10.3. The molecule has 0 spiro atoms. The summed E-state index contributed by atoms with van der Waals surface area (Å²) < 4.78 is 17.4. The van der Waals surface area contributed by atoms with Crippen molar-refractivity contribution in [1.29, 1.82) is 0 Å². The maximum absolute atomic E-state index is 12.9. The standard InChI is InChI=1S/C8H6BFN2O3/c10-5-1-2-6(7(3-5)9(13)14)8-11-4-15-12-8/h1-4,13-14H. The summed E-state index contributed by atoms with van der Waals surface area (Å²) in [6, 6.07) is 3.54. The van der Waals surface area contributed by atoms with Gasteiger partial charge in [0.25, 0.3) is 0 Å². The zero-order chi connectivity index (χ0) is 10.8. The average molecular weight is 208 g/mol. The first-order chi connectivity index (χ1) is 7.18. The van der Waals surface area contributed by atoms with Crippen LogP contribution in [-0.2, 0) is 0 Å². The van der Waals surface area contributed by atoms with Crippen LogP contribution in [0, 0.1) is 5.82 Å². The Balaban J connectivity index is 2.56. The maximum atomic E-state index is 12.9. The SMILES string of the molecule is OB(O)c1cc(F)ccc1-c1ncon1. The van der Waals surface area contributed by atoms with Crippen LogP contribution in [0.4, 0.5) is 4.39 Å². The molecule has 0 saturated carbocycles. The summed E-state index contributed by atoms with van der Waals surface area (Å²) in [7, 11) is -1.78. The molecule has 0 bridgehead atoms. The Kier molecular flexibility index (Phi) is 2.48. The fourth-order valence-corrected chi connectivity index (χ4v) is 1.24. The van der Waals surface area contributed by atoms with Crippen LogP contribution in [0.3, 0.4) is 0 Å². The number of rotatable bonds is 2. The van der Waals surface area contributed by atoms with Crippen molar-refractivity contribution in [3.63, 3.8) is 0 Å². The van der Waals surface area contributed by atoms with Gasteiger partial charge in [0.15, 0.2) is 0 Å². The molecule has 0 aliphatic heterocycles. The minimum absolute atomic E-state index is 0.00333. The summed E-state index contributed by atoms with van der Waals surface area (Å²) in [5, 5.41) is 21.6. The molecule has 2 N–H and O–H groups in total. The lowest BCUT2D eigenvalue weighted by Crippen LogP contribution is -2.32. The zero-order valence-corrected chi connectivity index (χ0v) is 7.46. The van der Waals surface area contributed by atoms with Crippen molar-refractivity contribution in [2.45, 2.75) is 0 Å². The van der Waals surface area contributed by atoms with E-state index in [9.17, 15) is 4.39 Å². The van der Waals surface area contributed by atoms with Gasteiger partial charge < -0.3 is 14.6 Å². The second-order valence-corrected chi connectivity index (χ2v) is 2.86. The smallest absolute Gasteiger partial charge is 0.423 e. The van der Waals surface area contributed by atoms with Gasteiger partial charge in [-0.05, 0) is 23.7 Å². The lowest BCUT2D eigenvalue weighted by atomic mass is 9.77. The maximum Gasteiger partial charge on any atom is 0.489 e. The highest BCUT2D eigenvalue weighted by molar-refractivity contribution is 6.60. The molecular formula is C8H6BFN2O3. The molecule has 7 heteroatoms. The summed E-state index contributed by atoms with van der Waals surface area (Å²) in [4.78, 5) is 3.74. The second kappa shape index (κ2) is 3.80. The van der Waals surface area contributed by atoms with E-state index in [4.69, 9.17) is 10.0 Å². The Labute approximate surface area is 84.3 Å². The molecule has 5 nitrogen and oxygen atoms in total. The number of nitrogens with zero attached hydrogens (tertiary/aromatic N) is 2. The Hall–Kier alpha value is -1.73. The minimum Gasteiger partial charge on any atom is -0.423 e. The van der Waals surface area contributed by atoms with Gasteiger partial charge in [-0.15, -0.1) is 0 Å². The van der Waals surface area contributed by atoms with Gasteiger partial charge in [-0.1, -0.05) is 5.16 Å². The first-order valence-corrected chi connectivity index (χ1v) is 4.11. The van der Waals surface area contributed by atoms with Crippen LogP contribution in [0.15, 0.2) is 29.1 Å². The average Bonchev–Trinajstić information content (AvgIpc) is 2.70. The lowest BCUT2D eigenvalue weighted by molar-refractivity contribution is 0.418. The highest BCUT2D eigenvalue weighted by atomic mass is 19.1. The first kappa shape index (κ1) is 9.82. The quantitative estimate of drug-likeness (QED) is 0.653. The van der Waals surface area contributed by atoms with E-state index in [0.29, 0.717) is 5.56 Å². The monoisotopic (exact) mass is 208 g/mol. The van der Waals surface area contributed by atoms with Crippen LogP contribution in [0.1, 0.15) is 0 Å². The molecule has 2 aromatic rings. The van der Waals surface area contributed by atoms with E-state index in [1.807, 2.05) is 0 Å². The molecule has 1 aromatic heterocycles. The van der Waals surface area contributed by atoms with Crippen molar-refractivity contribution in [3.05, 3.63) is 30.4 Å². The third-order valence-electron chi connectivity index (χ3n) is 1.89. The van der Waals surface area contributed by atoms with Gasteiger partial charge in [-0.2, -0.15) is 4.98 Å². The molecule has 0 aliphatic carbocycles. The molecule has 76 valence electrons. The summed E-state index contributed by atoms with van der Waals surface area (Å²) in [6.07, 6.45) is 1.10. The number of halogens is 1. The first-order valence-electron chi connectivity index (χ1n) is 4.11. The van der Waals surface area contributed by atoms with E-state index in [1.54, 1.807) is 0 Å². The highest BCUT2D eigenvalue weighted by Gasteiger charge is 2.19. The van der Waals surface area contributed by atoms with E-state index in [-0.39, 0.29) is 11.3 Å². The largest absolute Gasteiger partial charge is 0.489 e. The van der Waals surface area contributed by atoms with Crippen LogP contribution >= 0.6 is 0 Å². The predicted octanol–water partition coefficient (Wildman–Crippen LogP) is -0.445. The molecular weight excluding hydrogens is 202 g/mol. The Morgan fingerprint density at radius 1 is 1.33 bits per heavy atom. The highest BCUT2D eigenvalue weighted by Crippen LogP contribution is 2.12. The third kappa shape index (κ3) is 1.88. The van der Waals surface area contributed by atoms with Crippen LogP contribution in [0.2, 0.25) is 0 Å². The van der Waals surface area contributed by atoms with Crippen molar-refractivity contribution >= 4 is 12.6 Å². The summed E-state index contributed by atoms with van der Waals surface area (Å²) in [6.45, 7) is 0. The molecule has 1 heterocycles. The van der Waals surface area contributed by atoms with E-state index in [2.05, 4.69) is 14.7 Å². The molecule has 0 radical (unpaired) electrons. The minimum atomic E-state index is -1.78. The Morgan fingerprint density at radius 3 is 2.73 bits per heavy atom. The number of aromatic nitrogens is 2. The van der Waals surface area contributed by atoms with Crippen LogP contribution in [0.25, 0.3) is 11.4 Å². The molecule has 0 aliphatic rings. The molecule has 0 atom stereocenters.